The number of hydrogen-bond donors (Lipinski definition) is 2. The standard InChI is InChI=1S/C26H31N5O2.HI/c1-4-27-26(29-17-24-28-14-15-31(24)18-20-10-7-6-8-11-20)30-19(3)23-16-21-12-9-13-22(32-5-2)25(21)33-23;/h6-16,19H,4-5,17-18H2,1-3H3,(H2,27,29,30);1H. The zero-order chi connectivity index (χ0) is 23.0. The predicted octanol–water partition coefficient (Wildman–Crippen LogP) is 5.51. The molecule has 2 aromatic heterocycles. The summed E-state index contributed by atoms with van der Waals surface area (Å²) >= 11 is 0. The third-order valence-electron chi connectivity index (χ3n) is 5.33. The van der Waals surface area contributed by atoms with Crippen molar-refractivity contribution in [2.24, 2.45) is 4.99 Å². The topological polar surface area (TPSA) is 76.6 Å². The molecule has 7 nitrogen and oxygen atoms in total. The summed E-state index contributed by atoms with van der Waals surface area (Å²) in [5.41, 5.74) is 2.00. The van der Waals surface area contributed by atoms with Crippen LogP contribution in [0, 0.1) is 0 Å². The van der Waals surface area contributed by atoms with E-state index in [2.05, 4.69) is 39.2 Å². The van der Waals surface area contributed by atoms with E-state index in [9.17, 15) is 0 Å². The molecule has 34 heavy (non-hydrogen) atoms. The molecule has 1 unspecified atom stereocenters. The molecule has 4 rings (SSSR count). The maximum atomic E-state index is 6.14. The Morgan fingerprint density at radius 2 is 1.97 bits per heavy atom. The monoisotopic (exact) mass is 573 g/mol. The normalized spacial score (nSPS) is 12.3. The lowest BCUT2D eigenvalue weighted by molar-refractivity contribution is 0.336. The van der Waals surface area contributed by atoms with E-state index in [1.165, 1.54) is 5.56 Å². The fraction of sp³-hybridized carbons (Fsp3) is 0.308. The van der Waals surface area contributed by atoms with Crippen LogP contribution in [-0.2, 0) is 13.1 Å². The average molecular weight is 573 g/mol. The Hall–Kier alpha value is -3.01. The molecular formula is C26H32IN5O2. The smallest absolute Gasteiger partial charge is 0.192 e. The Morgan fingerprint density at radius 1 is 1.15 bits per heavy atom. The number of aliphatic imine (C=N–C) groups is 1. The lowest BCUT2D eigenvalue weighted by atomic mass is 10.2. The van der Waals surface area contributed by atoms with E-state index in [1.807, 2.05) is 68.7 Å². The first-order chi connectivity index (χ1) is 16.2. The molecule has 2 N–H and O–H groups in total. The number of nitrogens with one attached hydrogen (secondary N) is 2. The molecule has 1 atom stereocenters. The molecule has 180 valence electrons. The molecule has 0 saturated carbocycles. The van der Waals surface area contributed by atoms with Crippen molar-refractivity contribution in [2.45, 2.75) is 39.9 Å². The molecule has 0 saturated heterocycles. The number of para-hydroxylation sites is 1. The van der Waals surface area contributed by atoms with Crippen molar-refractivity contribution in [2.75, 3.05) is 13.2 Å². The molecule has 4 aromatic rings. The number of guanidine groups is 1. The van der Waals surface area contributed by atoms with Crippen LogP contribution in [0.25, 0.3) is 11.0 Å². The molecule has 0 aliphatic rings. The van der Waals surface area contributed by atoms with E-state index in [-0.39, 0.29) is 30.0 Å². The molecular weight excluding hydrogens is 541 g/mol. The van der Waals surface area contributed by atoms with Crippen molar-refractivity contribution in [3.8, 4) is 5.75 Å². The Balaban J connectivity index is 0.00000324. The number of fused-ring (bicyclic) bond motifs is 1. The number of hydrogen-bond acceptors (Lipinski definition) is 4. The third kappa shape index (κ3) is 6.31. The highest BCUT2D eigenvalue weighted by molar-refractivity contribution is 14.0. The van der Waals surface area contributed by atoms with Crippen LogP contribution >= 0.6 is 24.0 Å². The lowest BCUT2D eigenvalue weighted by Crippen LogP contribution is -2.38. The van der Waals surface area contributed by atoms with Crippen molar-refractivity contribution in [3.05, 3.63) is 84.1 Å². The van der Waals surface area contributed by atoms with Gasteiger partial charge in [0.1, 0.15) is 18.1 Å². The quantitative estimate of drug-likeness (QED) is 0.157. The van der Waals surface area contributed by atoms with Gasteiger partial charge in [0.25, 0.3) is 0 Å². The Kier molecular flexibility index (Phi) is 9.38. The van der Waals surface area contributed by atoms with E-state index in [0.29, 0.717) is 19.1 Å². The maximum absolute atomic E-state index is 6.14. The van der Waals surface area contributed by atoms with Crippen molar-refractivity contribution < 1.29 is 9.15 Å². The van der Waals surface area contributed by atoms with Crippen molar-refractivity contribution >= 4 is 40.9 Å². The summed E-state index contributed by atoms with van der Waals surface area (Å²) in [6.07, 6.45) is 3.81. The van der Waals surface area contributed by atoms with Gasteiger partial charge < -0.3 is 24.4 Å². The molecule has 0 aliphatic carbocycles. The summed E-state index contributed by atoms with van der Waals surface area (Å²) in [6.45, 7) is 8.67. The summed E-state index contributed by atoms with van der Waals surface area (Å²) in [5.74, 6) is 3.21. The Bertz CT molecular complexity index is 1200. The van der Waals surface area contributed by atoms with Crippen molar-refractivity contribution in [3.63, 3.8) is 0 Å². The minimum Gasteiger partial charge on any atom is -0.490 e. The highest BCUT2D eigenvalue weighted by Gasteiger charge is 2.16. The second kappa shape index (κ2) is 12.5. The molecule has 0 fully saturated rings. The first-order valence-electron chi connectivity index (χ1n) is 11.4. The summed E-state index contributed by atoms with van der Waals surface area (Å²) in [7, 11) is 0. The summed E-state index contributed by atoms with van der Waals surface area (Å²) in [5, 5.41) is 7.78. The molecule has 0 spiro atoms. The van der Waals surface area contributed by atoms with Crippen LogP contribution in [-0.4, -0.2) is 28.7 Å². The zero-order valence-corrected chi connectivity index (χ0v) is 22.2. The SMILES string of the molecule is CCNC(=NCc1nccn1Cc1ccccc1)NC(C)c1cc2cccc(OCC)c2o1.I. The molecule has 0 bridgehead atoms. The summed E-state index contributed by atoms with van der Waals surface area (Å²) < 4.78 is 14.0. The summed E-state index contributed by atoms with van der Waals surface area (Å²) in [6, 6.07) is 18.3. The van der Waals surface area contributed by atoms with E-state index >= 15 is 0 Å². The number of imidazole rings is 1. The van der Waals surface area contributed by atoms with E-state index in [0.717, 1.165) is 41.4 Å². The molecule has 8 heteroatoms. The van der Waals surface area contributed by atoms with Gasteiger partial charge in [-0.05, 0) is 38.5 Å². The van der Waals surface area contributed by atoms with Crippen molar-refractivity contribution in [1.29, 1.82) is 0 Å². The Labute approximate surface area is 217 Å². The van der Waals surface area contributed by atoms with Gasteiger partial charge in [0.15, 0.2) is 17.3 Å². The van der Waals surface area contributed by atoms with Gasteiger partial charge in [-0.2, -0.15) is 0 Å². The second-order valence-electron chi connectivity index (χ2n) is 7.77. The van der Waals surface area contributed by atoms with E-state index in [1.54, 1.807) is 0 Å². The zero-order valence-electron chi connectivity index (χ0n) is 19.8. The van der Waals surface area contributed by atoms with Gasteiger partial charge in [0, 0.05) is 30.9 Å². The predicted molar refractivity (Wildman–Crippen MR) is 147 cm³/mol. The number of furan rings is 1. The van der Waals surface area contributed by atoms with Crippen LogP contribution in [0.15, 0.2) is 76.4 Å². The number of benzene rings is 2. The second-order valence-corrected chi connectivity index (χ2v) is 7.77. The average Bonchev–Trinajstić information content (AvgIpc) is 3.46. The molecule has 2 aromatic carbocycles. The highest BCUT2D eigenvalue weighted by Crippen LogP contribution is 2.31. The number of rotatable bonds is 9. The Morgan fingerprint density at radius 3 is 2.74 bits per heavy atom. The third-order valence-corrected chi connectivity index (χ3v) is 5.33. The lowest BCUT2D eigenvalue weighted by Gasteiger charge is -2.16. The number of aromatic nitrogens is 2. The largest absolute Gasteiger partial charge is 0.490 e. The number of ether oxygens (including phenoxy) is 1. The first-order valence-corrected chi connectivity index (χ1v) is 11.4. The minimum absolute atomic E-state index is 0. The van der Waals surface area contributed by atoms with Gasteiger partial charge in [0.05, 0.1) is 12.6 Å². The molecule has 0 aliphatic heterocycles. The minimum atomic E-state index is -0.0752. The van der Waals surface area contributed by atoms with Gasteiger partial charge in [-0.15, -0.1) is 24.0 Å². The van der Waals surface area contributed by atoms with Crippen LogP contribution in [0.2, 0.25) is 0 Å². The van der Waals surface area contributed by atoms with Crippen LogP contribution in [0.3, 0.4) is 0 Å². The van der Waals surface area contributed by atoms with Crippen LogP contribution < -0.4 is 15.4 Å². The highest BCUT2D eigenvalue weighted by atomic mass is 127. The molecule has 0 amide bonds. The fourth-order valence-electron chi connectivity index (χ4n) is 3.70. The van der Waals surface area contributed by atoms with Crippen LogP contribution in [0.4, 0.5) is 0 Å². The van der Waals surface area contributed by atoms with Crippen LogP contribution in [0.1, 0.15) is 44.0 Å². The molecule has 0 radical (unpaired) electrons. The number of nitrogens with zero attached hydrogens (tertiary/aromatic N) is 3. The van der Waals surface area contributed by atoms with Gasteiger partial charge in [-0.1, -0.05) is 42.5 Å². The first kappa shape index (κ1) is 25.6. The van der Waals surface area contributed by atoms with Crippen LogP contribution in [0.5, 0.6) is 5.75 Å². The summed E-state index contributed by atoms with van der Waals surface area (Å²) in [4.78, 5) is 9.27. The van der Waals surface area contributed by atoms with Crippen molar-refractivity contribution in [1.82, 2.24) is 20.2 Å². The van der Waals surface area contributed by atoms with E-state index < -0.39 is 0 Å². The van der Waals surface area contributed by atoms with Gasteiger partial charge in [-0.25, -0.2) is 9.98 Å². The van der Waals surface area contributed by atoms with Gasteiger partial charge in [0.2, 0.25) is 0 Å². The van der Waals surface area contributed by atoms with Gasteiger partial charge in [-0.3, -0.25) is 0 Å². The fourth-order valence-corrected chi connectivity index (χ4v) is 3.70. The molecule has 2 heterocycles. The van der Waals surface area contributed by atoms with Gasteiger partial charge >= 0.3 is 0 Å². The maximum Gasteiger partial charge on any atom is 0.192 e. The van der Waals surface area contributed by atoms with E-state index in [4.69, 9.17) is 14.1 Å². The number of halogens is 1.